The average Bonchev–Trinajstić information content (AvgIpc) is 2.49. The lowest BCUT2D eigenvalue weighted by Gasteiger charge is -2.23. The van der Waals surface area contributed by atoms with E-state index < -0.39 is 10.0 Å². The number of benzene rings is 2. The van der Waals surface area contributed by atoms with Crippen molar-refractivity contribution in [2.24, 2.45) is 0 Å². The van der Waals surface area contributed by atoms with Crippen LogP contribution in [0.2, 0.25) is 0 Å². The van der Waals surface area contributed by atoms with Gasteiger partial charge in [0.25, 0.3) is 0 Å². The van der Waals surface area contributed by atoms with E-state index in [2.05, 4.69) is 5.32 Å². The first-order valence-corrected chi connectivity index (χ1v) is 9.89. The number of anilines is 1. The SMILES string of the molecule is Cc1cc(C)cc(N(CC(=O)NCc2ccccc2C)S(C)(=O)=O)c1. The van der Waals surface area contributed by atoms with Crippen LogP contribution in [0.5, 0.6) is 0 Å². The molecule has 1 amide bonds. The Bertz CT molecular complexity index is 856. The zero-order chi connectivity index (χ0) is 18.6. The normalized spacial score (nSPS) is 11.2. The topological polar surface area (TPSA) is 66.5 Å². The second-order valence-electron chi connectivity index (χ2n) is 6.32. The number of hydrogen-bond donors (Lipinski definition) is 1. The molecule has 0 aliphatic carbocycles. The Balaban J connectivity index is 2.15. The first-order valence-electron chi connectivity index (χ1n) is 8.04. The minimum Gasteiger partial charge on any atom is -0.350 e. The fourth-order valence-electron chi connectivity index (χ4n) is 2.68. The summed E-state index contributed by atoms with van der Waals surface area (Å²) >= 11 is 0. The molecule has 0 heterocycles. The largest absolute Gasteiger partial charge is 0.350 e. The molecule has 0 aromatic heterocycles. The molecule has 134 valence electrons. The van der Waals surface area contributed by atoms with Crippen molar-refractivity contribution in [3.05, 3.63) is 64.7 Å². The number of nitrogens with one attached hydrogen (secondary N) is 1. The number of aryl methyl sites for hydroxylation is 3. The molecule has 2 aromatic rings. The van der Waals surface area contributed by atoms with Gasteiger partial charge in [0, 0.05) is 6.54 Å². The van der Waals surface area contributed by atoms with Crippen molar-refractivity contribution >= 4 is 21.6 Å². The Labute approximate surface area is 149 Å². The van der Waals surface area contributed by atoms with Gasteiger partial charge in [-0.1, -0.05) is 30.3 Å². The molecule has 2 aromatic carbocycles. The number of carbonyl (C=O) groups is 1. The van der Waals surface area contributed by atoms with Gasteiger partial charge in [-0.05, 0) is 55.2 Å². The Morgan fingerprint density at radius 2 is 1.64 bits per heavy atom. The van der Waals surface area contributed by atoms with E-state index in [1.807, 2.05) is 51.1 Å². The van der Waals surface area contributed by atoms with Crippen LogP contribution in [-0.2, 0) is 21.4 Å². The van der Waals surface area contributed by atoms with Crippen molar-refractivity contribution in [3.63, 3.8) is 0 Å². The van der Waals surface area contributed by atoms with Gasteiger partial charge in [-0.25, -0.2) is 8.42 Å². The van der Waals surface area contributed by atoms with Crippen LogP contribution in [0.1, 0.15) is 22.3 Å². The van der Waals surface area contributed by atoms with Gasteiger partial charge >= 0.3 is 0 Å². The number of hydrogen-bond acceptors (Lipinski definition) is 3. The van der Waals surface area contributed by atoms with Gasteiger partial charge in [-0.3, -0.25) is 9.10 Å². The van der Waals surface area contributed by atoms with Crippen molar-refractivity contribution in [2.75, 3.05) is 17.1 Å². The van der Waals surface area contributed by atoms with Crippen LogP contribution in [0.15, 0.2) is 42.5 Å². The molecule has 0 atom stereocenters. The molecule has 25 heavy (non-hydrogen) atoms. The molecule has 0 saturated carbocycles. The lowest BCUT2D eigenvalue weighted by Crippen LogP contribution is -2.40. The van der Waals surface area contributed by atoms with Gasteiger partial charge in [0.15, 0.2) is 0 Å². The van der Waals surface area contributed by atoms with Crippen LogP contribution in [-0.4, -0.2) is 27.1 Å². The molecule has 0 bridgehead atoms. The molecular formula is C19H24N2O3S. The highest BCUT2D eigenvalue weighted by Gasteiger charge is 2.21. The van der Waals surface area contributed by atoms with Gasteiger partial charge in [0.2, 0.25) is 15.9 Å². The second kappa shape index (κ2) is 7.70. The molecule has 0 aliphatic heterocycles. The monoisotopic (exact) mass is 360 g/mol. The standard InChI is InChI=1S/C19H24N2O3S/c1-14-9-15(2)11-18(10-14)21(25(4,23)24)13-19(22)20-12-17-8-6-5-7-16(17)3/h5-11H,12-13H2,1-4H3,(H,20,22). The van der Waals surface area contributed by atoms with Crippen molar-refractivity contribution in [1.82, 2.24) is 5.32 Å². The zero-order valence-electron chi connectivity index (χ0n) is 15.0. The highest BCUT2D eigenvalue weighted by molar-refractivity contribution is 7.92. The first-order chi connectivity index (χ1) is 11.7. The second-order valence-corrected chi connectivity index (χ2v) is 8.23. The Kier molecular flexibility index (Phi) is 5.85. The smallest absolute Gasteiger partial charge is 0.241 e. The van der Waals surface area contributed by atoms with Gasteiger partial charge in [-0.15, -0.1) is 0 Å². The summed E-state index contributed by atoms with van der Waals surface area (Å²) in [6.07, 6.45) is 1.11. The van der Waals surface area contributed by atoms with Crippen LogP contribution < -0.4 is 9.62 Å². The summed E-state index contributed by atoms with van der Waals surface area (Å²) in [5.74, 6) is -0.340. The molecule has 0 spiro atoms. The van der Waals surface area contributed by atoms with E-state index in [0.717, 1.165) is 32.8 Å². The molecule has 0 saturated heterocycles. The lowest BCUT2D eigenvalue weighted by molar-refractivity contribution is -0.119. The molecule has 0 fully saturated rings. The minimum absolute atomic E-state index is 0.242. The summed E-state index contributed by atoms with van der Waals surface area (Å²) in [5.41, 5.74) is 4.49. The Hall–Kier alpha value is -2.34. The minimum atomic E-state index is -3.57. The van der Waals surface area contributed by atoms with Crippen LogP contribution in [0, 0.1) is 20.8 Å². The van der Waals surface area contributed by atoms with Crippen LogP contribution in [0.25, 0.3) is 0 Å². The number of rotatable bonds is 6. The number of carbonyl (C=O) groups excluding carboxylic acids is 1. The molecule has 2 rings (SSSR count). The highest BCUT2D eigenvalue weighted by Crippen LogP contribution is 2.21. The quantitative estimate of drug-likeness (QED) is 0.861. The van der Waals surface area contributed by atoms with Gasteiger partial charge in [0.05, 0.1) is 11.9 Å². The average molecular weight is 360 g/mol. The number of amides is 1. The number of nitrogens with zero attached hydrogens (tertiary/aromatic N) is 1. The summed E-state index contributed by atoms with van der Waals surface area (Å²) in [5, 5.41) is 2.80. The molecule has 5 nitrogen and oxygen atoms in total. The Morgan fingerprint density at radius 3 is 2.20 bits per heavy atom. The fourth-order valence-corrected chi connectivity index (χ4v) is 3.52. The Morgan fingerprint density at radius 1 is 1.04 bits per heavy atom. The predicted molar refractivity (Wildman–Crippen MR) is 101 cm³/mol. The van der Waals surface area contributed by atoms with Gasteiger partial charge in [-0.2, -0.15) is 0 Å². The molecular weight excluding hydrogens is 336 g/mol. The molecule has 1 N–H and O–H groups in total. The van der Waals surface area contributed by atoms with Crippen molar-refractivity contribution in [2.45, 2.75) is 27.3 Å². The van der Waals surface area contributed by atoms with E-state index in [1.54, 1.807) is 12.1 Å². The number of sulfonamides is 1. The first kappa shape index (κ1) is 19.0. The van der Waals surface area contributed by atoms with Crippen molar-refractivity contribution in [3.8, 4) is 0 Å². The van der Waals surface area contributed by atoms with Gasteiger partial charge < -0.3 is 5.32 Å². The third kappa shape index (κ3) is 5.32. The molecule has 0 radical (unpaired) electrons. The van der Waals surface area contributed by atoms with Crippen molar-refractivity contribution < 1.29 is 13.2 Å². The maximum atomic E-state index is 12.3. The van der Waals surface area contributed by atoms with E-state index in [4.69, 9.17) is 0 Å². The van der Waals surface area contributed by atoms with Crippen molar-refractivity contribution in [1.29, 1.82) is 0 Å². The summed E-state index contributed by atoms with van der Waals surface area (Å²) in [7, 11) is -3.57. The summed E-state index contributed by atoms with van der Waals surface area (Å²) in [6.45, 7) is 5.90. The molecule has 6 heteroatoms. The van der Waals surface area contributed by atoms with Gasteiger partial charge in [0.1, 0.15) is 6.54 Å². The van der Waals surface area contributed by atoms with E-state index in [9.17, 15) is 13.2 Å². The van der Waals surface area contributed by atoms with Crippen LogP contribution >= 0.6 is 0 Å². The predicted octanol–water partition coefficient (Wildman–Crippen LogP) is 2.69. The maximum absolute atomic E-state index is 12.3. The third-order valence-corrected chi connectivity index (χ3v) is 5.06. The van der Waals surface area contributed by atoms with E-state index in [-0.39, 0.29) is 12.5 Å². The maximum Gasteiger partial charge on any atom is 0.241 e. The molecule has 0 aliphatic rings. The van der Waals surface area contributed by atoms with Crippen LogP contribution in [0.3, 0.4) is 0 Å². The van der Waals surface area contributed by atoms with E-state index in [0.29, 0.717) is 12.2 Å². The highest BCUT2D eigenvalue weighted by atomic mass is 32.2. The summed E-state index contributed by atoms with van der Waals surface area (Å²) in [4.78, 5) is 12.3. The van der Waals surface area contributed by atoms with E-state index >= 15 is 0 Å². The summed E-state index contributed by atoms with van der Waals surface area (Å²) in [6, 6.07) is 13.3. The van der Waals surface area contributed by atoms with E-state index in [1.165, 1.54) is 0 Å². The van der Waals surface area contributed by atoms with Crippen LogP contribution in [0.4, 0.5) is 5.69 Å². The zero-order valence-corrected chi connectivity index (χ0v) is 15.9. The molecule has 0 unspecified atom stereocenters. The lowest BCUT2D eigenvalue weighted by atomic mass is 10.1. The summed E-state index contributed by atoms with van der Waals surface area (Å²) < 4.78 is 25.5. The fraction of sp³-hybridized carbons (Fsp3) is 0.316. The third-order valence-electron chi connectivity index (χ3n) is 3.92.